The van der Waals surface area contributed by atoms with Gasteiger partial charge in [0.25, 0.3) is 0 Å². The molecular weight excluding hydrogens is 260 g/mol. The van der Waals surface area contributed by atoms with E-state index in [-0.39, 0.29) is 0 Å². The van der Waals surface area contributed by atoms with Gasteiger partial charge in [0.05, 0.1) is 11.0 Å². The second-order valence-corrected chi connectivity index (χ2v) is 5.30. The SMILES string of the molecule is Clc1nc2ccccc2nc1NC[C@@H]1CCCNC1. The van der Waals surface area contributed by atoms with Crippen LogP contribution in [0, 0.1) is 5.92 Å². The second kappa shape index (κ2) is 5.72. The fraction of sp³-hybridized carbons (Fsp3) is 0.429. The maximum atomic E-state index is 6.17. The van der Waals surface area contributed by atoms with Crippen LogP contribution in [0.3, 0.4) is 0 Å². The Labute approximate surface area is 117 Å². The van der Waals surface area contributed by atoms with E-state index >= 15 is 0 Å². The Morgan fingerprint density at radius 3 is 2.79 bits per heavy atom. The van der Waals surface area contributed by atoms with Gasteiger partial charge in [-0.15, -0.1) is 0 Å². The van der Waals surface area contributed by atoms with Gasteiger partial charge in [-0.25, -0.2) is 9.97 Å². The smallest absolute Gasteiger partial charge is 0.172 e. The quantitative estimate of drug-likeness (QED) is 0.905. The van der Waals surface area contributed by atoms with Crippen LogP contribution in [0.2, 0.25) is 5.15 Å². The first-order valence-corrected chi connectivity index (χ1v) is 7.07. The summed E-state index contributed by atoms with van der Waals surface area (Å²) in [7, 11) is 0. The van der Waals surface area contributed by atoms with Gasteiger partial charge < -0.3 is 10.6 Å². The summed E-state index contributed by atoms with van der Waals surface area (Å²) < 4.78 is 0. The largest absolute Gasteiger partial charge is 0.367 e. The maximum Gasteiger partial charge on any atom is 0.172 e. The molecule has 1 aromatic heterocycles. The Bertz CT molecular complexity index is 566. The topological polar surface area (TPSA) is 49.8 Å². The van der Waals surface area contributed by atoms with E-state index in [1.165, 1.54) is 12.8 Å². The van der Waals surface area contributed by atoms with Crippen LogP contribution in [-0.2, 0) is 0 Å². The lowest BCUT2D eigenvalue weighted by molar-refractivity contribution is 0.392. The van der Waals surface area contributed by atoms with Crippen molar-refractivity contribution in [2.24, 2.45) is 5.92 Å². The van der Waals surface area contributed by atoms with Crippen molar-refractivity contribution >= 4 is 28.5 Å². The van der Waals surface area contributed by atoms with Crippen LogP contribution in [0.5, 0.6) is 0 Å². The molecule has 0 bridgehead atoms. The van der Waals surface area contributed by atoms with Gasteiger partial charge in [-0.05, 0) is 44.0 Å². The van der Waals surface area contributed by atoms with Crippen LogP contribution in [0.15, 0.2) is 24.3 Å². The Morgan fingerprint density at radius 1 is 1.26 bits per heavy atom. The van der Waals surface area contributed by atoms with E-state index in [1.54, 1.807) is 0 Å². The number of para-hydroxylation sites is 2. The Kier molecular flexibility index (Phi) is 3.80. The van der Waals surface area contributed by atoms with Gasteiger partial charge in [0.15, 0.2) is 11.0 Å². The minimum atomic E-state index is 0.447. The molecule has 0 unspecified atom stereocenters. The second-order valence-electron chi connectivity index (χ2n) is 4.95. The highest BCUT2D eigenvalue weighted by atomic mass is 35.5. The summed E-state index contributed by atoms with van der Waals surface area (Å²) in [6.45, 7) is 3.08. The molecule has 19 heavy (non-hydrogen) atoms. The van der Waals surface area contributed by atoms with Crippen LogP contribution < -0.4 is 10.6 Å². The highest BCUT2D eigenvalue weighted by Crippen LogP contribution is 2.21. The molecule has 0 spiro atoms. The third-order valence-electron chi connectivity index (χ3n) is 3.49. The Balaban J connectivity index is 1.74. The first-order chi connectivity index (χ1) is 9.33. The summed E-state index contributed by atoms with van der Waals surface area (Å²) in [5.74, 6) is 1.32. The van der Waals surface area contributed by atoms with Crippen molar-refractivity contribution < 1.29 is 0 Å². The normalized spacial score (nSPS) is 19.5. The van der Waals surface area contributed by atoms with Crippen molar-refractivity contribution in [1.82, 2.24) is 15.3 Å². The lowest BCUT2D eigenvalue weighted by atomic mass is 10.00. The summed E-state index contributed by atoms with van der Waals surface area (Å²) >= 11 is 6.17. The molecule has 0 amide bonds. The van der Waals surface area contributed by atoms with E-state index < -0.39 is 0 Å². The number of hydrogen-bond acceptors (Lipinski definition) is 4. The van der Waals surface area contributed by atoms with Gasteiger partial charge in [-0.2, -0.15) is 0 Å². The van der Waals surface area contributed by atoms with E-state index in [2.05, 4.69) is 20.6 Å². The van der Waals surface area contributed by atoms with Crippen LogP contribution >= 0.6 is 11.6 Å². The molecule has 100 valence electrons. The number of fused-ring (bicyclic) bond motifs is 1. The summed E-state index contributed by atoms with van der Waals surface area (Å²) in [4.78, 5) is 8.90. The van der Waals surface area contributed by atoms with Crippen molar-refractivity contribution in [1.29, 1.82) is 0 Å². The van der Waals surface area contributed by atoms with Gasteiger partial charge in [0, 0.05) is 6.54 Å². The highest BCUT2D eigenvalue weighted by Gasteiger charge is 2.14. The van der Waals surface area contributed by atoms with Crippen molar-refractivity contribution in [2.45, 2.75) is 12.8 Å². The van der Waals surface area contributed by atoms with E-state index in [4.69, 9.17) is 11.6 Å². The lowest BCUT2D eigenvalue weighted by Crippen LogP contribution is -2.33. The van der Waals surface area contributed by atoms with Crippen molar-refractivity contribution in [2.75, 3.05) is 25.0 Å². The van der Waals surface area contributed by atoms with Crippen LogP contribution in [0.4, 0.5) is 5.82 Å². The summed E-state index contributed by atoms with van der Waals surface area (Å²) in [6.07, 6.45) is 2.49. The number of piperidine rings is 1. The minimum Gasteiger partial charge on any atom is -0.367 e. The van der Waals surface area contributed by atoms with E-state index in [0.29, 0.717) is 16.9 Å². The molecular formula is C14H17ClN4. The zero-order chi connectivity index (χ0) is 13.1. The first kappa shape index (κ1) is 12.6. The predicted molar refractivity (Wildman–Crippen MR) is 78.6 cm³/mol. The average Bonchev–Trinajstić information content (AvgIpc) is 2.46. The molecule has 0 saturated carbocycles. The number of nitrogens with one attached hydrogen (secondary N) is 2. The molecule has 1 atom stereocenters. The molecule has 0 radical (unpaired) electrons. The molecule has 1 aliphatic rings. The van der Waals surface area contributed by atoms with Gasteiger partial charge in [-0.1, -0.05) is 23.7 Å². The predicted octanol–water partition coefficient (Wildman–Crippen LogP) is 2.69. The van der Waals surface area contributed by atoms with Crippen LogP contribution in [0.1, 0.15) is 12.8 Å². The molecule has 5 heteroatoms. The van der Waals surface area contributed by atoms with Gasteiger partial charge in [0.2, 0.25) is 0 Å². The van der Waals surface area contributed by atoms with E-state index in [9.17, 15) is 0 Å². The minimum absolute atomic E-state index is 0.447. The lowest BCUT2D eigenvalue weighted by Gasteiger charge is -2.23. The zero-order valence-electron chi connectivity index (χ0n) is 10.7. The fourth-order valence-corrected chi connectivity index (χ4v) is 2.63. The summed E-state index contributed by atoms with van der Waals surface area (Å²) in [6, 6.07) is 7.77. The number of hydrogen-bond donors (Lipinski definition) is 2. The molecule has 3 rings (SSSR count). The number of aromatic nitrogens is 2. The van der Waals surface area contributed by atoms with Crippen molar-refractivity contribution in [3.63, 3.8) is 0 Å². The Hall–Kier alpha value is -1.39. The Morgan fingerprint density at radius 2 is 2.05 bits per heavy atom. The van der Waals surface area contributed by atoms with Gasteiger partial charge >= 0.3 is 0 Å². The van der Waals surface area contributed by atoms with E-state index in [1.807, 2.05) is 24.3 Å². The van der Waals surface area contributed by atoms with E-state index in [0.717, 1.165) is 30.7 Å². The van der Waals surface area contributed by atoms with Crippen molar-refractivity contribution in [3.05, 3.63) is 29.4 Å². The molecule has 0 aliphatic carbocycles. The first-order valence-electron chi connectivity index (χ1n) is 6.70. The molecule has 2 heterocycles. The molecule has 2 N–H and O–H groups in total. The van der Waals surface area contributed by atoms with Gasteiger partial charge in [0.1, 0.15) is 0 Å². The number of nitrogens with zero attached hydrogens (tertiary/aromatic N) is 2. The average molecular weight is 277 g/mol. The highest BCUT2D eigenvalue weighted by molar-refractivity contribution is 6.32. The summed E-state index contributed by atoms with van der Waals surface area (Å²) in [5, 5.41) is 7.18. The molecule has 1 saturated heterocycles. The monoisotopic (exact) mass is 276 g/mol. The van der Waals surface area contributed by atoms with Crippen molar-refractivity contribution in [3.8, 4) is 0 Å². The fourth-order valence-electron chi connectivity index (χ4n) is 2.43. The third-order valence-corrected chi connectivity index (χ3v) is 3.75. The molecule has 1 fully saturated rings. The molecule has 1 aromatic carbocycles. The van der Waals surface area contributed by atoms with Crippen LogP contribution in [-0.4, -0.2) is 29.6 Å². The van der Waals surface area contributed by atoms with Crippen LogP contribution in [0.25, 0.3) is 11.0 Å². The zero-order valence-corrected chi connectivity index (χ0v) is 11.5. The third kappa shape index (κ3) is 2.96. The molecule has 2 aromatic rings. The number of benzene rings is 1. The standard InChI is InChI=1S/C14H17ClN4/c15-13-14(17-9-10-4-3-7-16-8-10)19-12-6-2-1-5-11(12)18-13/h1-2,5-6,10,16H,3-4,7-9H2,(H,17,19)/t10-/m1/s1. The maximum absolute atomic E-state index is 6.17. The molecule has 4 nitrogen and oxygen atoms in total. The molecule has 1 aliphatic heterocycles. The summed E-state index contributed by atoms with van der Waals surface area (Å²) in [5.41, 5.74) is 1.70. The van der Waals surface area contributed by atoms with Gasteiger partial charge in [-0.3, -0.25) is 0 Å². The number of anilines is 1. The number of rotatable bonds is 3. The number of halogens is 1.